The zero-order valence-corrected chi connectivity index (χ0v) is 11.9. The molecule has 0 spiro atoms. The van der Waals surface area contributed by atoms with Crippen LogP contribution in [0.3, 0.4) is 0 Å². The molecular formula is C11H14BrN3OS. The van der Waals surface area contributed by atoms with Crippen LogP contribution in [-0.4, -0.2) is 40.4 Å². The molecule has 1 fully saturated rings. The van der Waals surface area contributed by atoms with E-state index in [9.17, 15) is 4.79 Å². The first-order valence-corrected chi connectivity index (χ1v) is 7.30. The standard InChI is InChI=1S/C11H14BrN3OS/c1-15(8-2-3-17-6-8)11(16)9-4-7(12)5-14-10(9)13/h4-5,8H,2-3,6H2,1H3,(H2,13,14). The summed E-state index contributed by atoms with van der Waals surface area (Å²) in [6, 6.07) is 2.04. The SMILES string of the molecule is CN(C(=O)c1cc(Br)cnc1N)C1CCSC1. The number of aromatic nitrogens is 1. The topological polar surface area (TPSA) is 59.2 Å². The maximum absolute atomic E-state index is 12.3. The van der Waals surface area contributed by atoms with Gasteiger partial charge in [-0.2, -0.15) is 11.8 Å². The predicted octanol–water partition coefficient (Wildman–Crippen LogP) is 2.00. The van der Waals surface area contributed by atoms with Gasteiger partial charge in [-0.25, -0.2) is 4.98 Å². The lowest BCUT2D eigenvalue weighted by atomic mass is 10.2. The normalized spacial score (nSPS) is 19.3. The van der Waals surface area contributed by atoms with E-state index in [1.807, 2.05) is 18.8 Å². The Balaban J connectivity index is 2.20. The second-order valence-electron chi connectivity index (χ2n) is 4.02. The zero-order valence-electron chi connectivity index (χ0n) is 9.52. The molecule has 1 aromatic heterocycles. The highest BCUT2D eigenvalue weighted by atomic mass is 79.9. The first-order valence-electron chi connectivity index (χ1n) is 5.35. The maximum Gasteiger partial charge on any atom is 0.257 e. The number of amides is 1. The molecule has 1 amide bonds. The lowest BCUT2D eigenvalue weighted by Gasteiger charge is -2.24. The number of halogens is 1. The van der Waals surface area contributed by atoms with Gasteiger partial charge in [-0.3, -0.25) is 4.79 Å². The summed E-state index contributed by atoms with van der Waals surface area (Å²) >= 11 is 5.18. The van der Waals surface area contributed by atoms with E-state index >= 15 is 0 Å². The summed E-state index contributed by atoms with van der Waals surface area (Å²) in [6.45, 7) is 0. The number of nitrogens with two attached hydrogens (primary N) is 1. The molecule has 0 saturated carbocycles. The first kappa shape index (κ1) is 12.7. The molecule has 17 heavy (non-hydrogen) atoms. The van der Waals surface area contributed by atoms with Crippen LogP contribution in [0.4, 0.5) is 5.82 Å². The molecule has 2 N–H and O–H groups in total. The van der Waals surface area contributed by atoms with Crippen molar-refractivity contribution in [1.29, 1.82) is 0 Å². The quantitative estimate of drug-likeness (QED) is 0.907. The van der Waals surface area contributed by atoms with E-state index < -0.39 is 0 Å². The van der Waals surface area contributed by atoms with Crippen molar-refractivity contribution in [3.63, 3.8) is 0 Å². The van der Waals surface area contributed by atoms with Gasteiger partial charge in [0.15, 0.2) is 0 Å². The minimum absolute atomic E-state index is 0.0520. The number of hydrogen-bond acceptors (Lipinski definition) is 4. The molecule has 1 atom stereocenters. The Bertz CT molecular complexity index is 435. The van der Waals surface area contributed by atoms with Crippen LogP contribution < -0.4 is 5.73 Å². The summed E-state index contributed by atoms with van der Waals surface area (Å²) in [5.74, 6) is 2.36. The number of pyridine rings is 1. The Labute approximate surface area is 113 Å². The molecule has 1 unspecified atom stereocenters. The van der Waals surface area contributed by atoms with E-state index in [2.05, 4.69) is 20.9 Å². The molecule has 2 heterocycles. The molecule has 1 aromatic rings. The summed E-state index contributed by atoms with van der Waals surface area (Å²) < 4.78 is 0.768. The van der Waals surface area contributed by atoms with Gasteiger partial charge in [-0.15, -0.1) is 0 Å². The Morgan fingerprint density at radius 2 is 2.47 bits per heavy atom. The molecule has 0 aromatic carbocycles. The van der Waals surface area contributed by atoms with Crippen LogP contribution in [0.1, 0.15) is 16.8 Å². The third kappa shape index (κ3) is 2.74. The fourth-order valence-corrected chi connectivity index (χ4v) is 3.40. The number of rotatable bonds is 2. The maximum atomic E-state index is 12.3. The van der Waals surface area contributed by atoms with Crippen LogP contribution >= 0.6 is 27.7 Å². The fraction of sp³-hybridized carbons (Fsp3) is 0.455. The highest BCUT2D eigenvalue weighted by molar-refractivity contribution is 9.10. The molecule has 1 saturated heterocycles. The van der Waals surface area contributed by atoms with Gasteiger partial charge in [-0.1, -0.05) is 0 Å². The van der Waals surface area contributed by atoms with E-state index in [0.717, 1.165) is 22.4 Å². The molecule has 1 aliphatic rings. The van der Waals surface area contributed by atoms with E-state index in [0.29, 0.717) is 11.6 Å². The third-order valence-corrected chi connectivity index (χ3v) is 4.47. The molecule has 6 heteroatoms. The van der Waals surface area contributed by atoms with Crippen molar-refractivity contribution in [3.8, 4) is 0 Å². The molecular weight excluding hydrogens is 302 g/mol. The van der Waals surface area contributed by atoms with Gasteiger partial charge < -0.3 is 10.6 Å². The van der Waals surface area contributed by atoms with Crippen LogP contribution in [0.2, 0.25) is 0 Å². The third-order valence-electron chi connectivity index (χ3n) is 2.89. The number of nitrogen functional groups attached to an aromatic ring is 1. The highest BCUT2D eigenvalue weighted by Gasteiger charge is 2.26. The monoisotopic (exact) mass is 315 g/mol. The summed E-state index contributed by atoms with van der Waals surface area (Å²) in [5, 5.41) is 0. The highest BCUT2D eigenvalue weighted by Crippen LogP contribution is 2.24. The average molecular weight is 316 g/mol. The summed E-state index contributed by atoms with van der Waals surface area (Å²) in [4.78, 5) is 18.0. The van der Waals surface area contributed by atoms with Gasteiger partial charge in [0, 0.05) is 29.5 Å². The molecule has 0 aliphatic carbocycles. The van der Waals surface area contributed by atoms with Crippen LogP contribution in [0.15, 0.2) is 16.7 Å². The molecule has 2 rings (SSSR count). The minimum Gasteiger partial charge on any atom is -0.383 e. The average Bonchev–Trinajstić information content (AvgIpc) is 2.84. The summed E-state index contributed by atoms with van der Waals surface area (Å²) in [6.07, 6.45) is 2.64. The van der Waals surface area contributed by atoms with Gasteiger partial charge >= 0.3 is 0 Å². The van der Waals surface area contributed by atoms with E-state index in [1.165, 1.54) is 0 Å². The summed E-state index contributed by atoms with van der Waals surface area (Å²) in [7, 11) is 1.83. The molecule has 0 radical (unpaired) electrons. The Hall–Kier alpha value is -0.750. The van der Waals surface area contributed by atoms with Gasteiger partial charge in [0.05, 0.1) is 5.56 Å². The van der Waals surface area contributed by atoms with Crippen molar-refractivity contribution in [3.05, 3.63) is 22.3 Å². The number of thioether (sulfide) groups is 1. The lowest BCUT2D eigenvalue weighted by Crippen LogP contribution is -2.37. The van der Waals surface area contributed by atoms with Crippen molar-refractivity contribution in [1.82, 2.24) is 9.88 Å². The predicted molar refractivity (Wildman–Crippen MR) is 74.2 cm³/mol. The fourth-order valence-electron chi connectivity index (χ4n) is 1.80. The molecule has 0 bridgehead atoms. The van der Waals surface area contributed by atoms with Crippen molar-refractivity contribution in [2.75, 3.05) is 24.3 Å². The van der Waals surface area contributed by atoms with Crippen molar-refractivity contribution in [2.45, 2.75) is 12.5 Å². The zero-order chi connectivity index (χ0) is 12.4. The van der Waals surface area contributed by atoms with Crippen molar-refractivity contribution in [2.24, 2.45) is 0 Å². The second-order valence-corrected chi connectivity index (χ2v) is 6.09. The van der Waals surface area contributed by atoms with Crippen LogP contribution in [0, 0.1) is 0 Å². The van der Waals surface area contributed by atoms with Gasteiger partial charge in [-0.05, 0) is 34.2 Å². The van der Waals surface area contributed by atoms with Gasteiger partial charge in [0.1, 0.15) is 5.82 Å². The summed E-state index contributed by atoms with van der Waals surface area (Å²) in [5.41, 5.74) is 6.21. The Kier molecular flexibility index (Phi) is 3.93. The van der Waals surface area contributed by atoms with Crippen LogP contribution in [0.25, 0.3) is 0 Å². The molecule has 4 nitrogen and oxygen atoms in total. The number of carbonyl (C=O) groups is 1. The van der Waals surface area contributed by atoms with E-state index in [1.54, 1.807) is 17.2 Å². The smallest absolute Gasteiger partial charge is 0.257 e. The number of anilines is 1. The van der Waals surface area contributed by atoms with Crippen molar-refractivity contribution < 1.29 is 4.79 Å². The number of carbonyl (C=O) groups excluding carboxylic acids is 1. The number of hydrogen-bond donors (Lipinski definition) is 1. The number of nitrogens with zero attached hydrogens (tertiary/aromatic N) is 2. The van der Waals surface area contributed by atoms with Gasteiger partial charge in [0.2, 0.25) is 0 Å². The van der Waals surface area contributed by atoms with Crippen LogP contribution in [-0.2, 0) is 0 Å². The van der Waals surface area contributed by atoms with Crippen LogP contribution in [0.5, 0.6) is 0 Å². The van der Waals surface area contributed by atoms with Gasteiger partial charge in [0.25, 0.3) is 5.91 Å². The Morgan fingerprint density at radius 1 is 1.71 bits per heavy atom. The Morgan fingerprint density at radius 3 is 3.12 bits per heavy atom. The van der Waals surface area contributed by atoms with E-state index in [4.69, 9.17) is 5.73 Å². The second kappa shape index (κ2) is 5.27. The van der Waals surface area contributed by atoms with E-state index in [-0.39, 0.29) is 11.7 Å². The minimum atomic E-state index is -0.0520. The lowest BCUT2D eigenvalue weighted by molar-refractivity contribution is 0.0748. The molecule has 92 valence electrons. The molecule has 1 aliphatic heterocycles. The van der Waals surface area contributed by atoms with Crippen molar-refractivity contribution >= 4 is 39.4 Å². The first-order chi connectivity index (χ1) is 8.09. The largest absolute Gasteiger partial charge is 0.383 e.